The molecule has 1 aromatic rings. The van der Waals surface area contributed by atoms with Crippen molar-refractivity contribution in [3.05, 3.63) is 5.82 Å². The lowest BCUT2D eigenvalue weighted by molar-refractivity contribution is -0.144. The van der Waals surface area contributed by atoms with E-state index in [1.165, 1.54) is 6.42 Å². The van der Waals surface area contributed by atoms with Crippen molar-refractivity contribution in [2.45, 2.75) is 58.3 Å². The molecule has 0 unspecified atom stereocenters. The number of aromatic nitrogens is 4. The largest absolute Gasteiger partial charge is 0.381 e. The van der Waals surface area contributed by atoms with Gasteiger partial charge in [0.1, 0.15) is 5.41 Å². The number of hydrogen-bond acceptors (Lipinski definition) is 5. The van der Waals surface area contributed by atoms with Crippen LogP contribution in [0.4, 0.5) is 0 Å². The first-order chi connectivity index (χ1) is 11.5. The molecule has 2 saturated heterocycles. The van der Waals surface area contributed by atoms with Crippen molar-refractivity contribution in [1.29, 1.82) is 0 Å². The summed E-state index contributed by atoms with van der Waals surface area (Å²) in [5.41, 5.74) is -0.322. The molecule has 7 nitrogen and oxygen atoms in total. The Kier molecular flexibility index (Phi) is 4.90. The van der Waals surface area contributed by atoms with Crippen molar-refractivity contribution in [2.75, 3.05) is 26.3 Å². The molecule has 0 radical (unpaired) electrons. The van der Waals surface area contributed by atoms with E-state index in [1.807, 2.05) is 4.90 Å². The van der Waals surface area contributed by atoms with Gasteiger partial charge in [-0.3, -0.25) is 4.79 Å². The van der Waals surface area contributed by atoms with Gasteiger partial charge in [0.15, 0.2) is 5.82 Å². The van der Waals surface area contributed by atoms with Gasteiger partial charge >= 0.3 is 0 Å². The second-order valence-electron chi connectivity index (χ2n) is 8.13. The average molecular weight is 335 g/mol. The van der Waals surface area contributed by atoms with Gasteiger partial charge in [0.25, 0.3) is 0 Å². The number of nitrogens with zero attached hydrogens (tertiary/aromatic N) is 4. The lowest BCUT2D eigenvalue weighted by atomic mass is 9.73. The van der Waals surface area contributed by atoms with Gasteiger partial charge in [-0.05, 0) is 43.4 Å². The molecule has 134 valence electrons. The Morgan fingerprint density at radius 1 is 1.25 bits per heavy atom. The molecule has 1 aromatic heterocycles. The lowest BCUT2D eigenvalue weighted by Crippen LogP contribution is -2.53. The molecular weight excluding hydrogens is 306 g/mol. The number of ether oxygens (including phenoxy) is 1. The zero-order valence-corrected chi connectivity index (χ0v) is 15.0. The van der Waals surface area contributed by atoms with E-state index in [0.717, 1.165) is 25.9 Å². The predicted molar refractivity (Wildman–Crippen MR) is 89.3 cm³/mol. The zero-order valence-electron chi connectivity index (χ0n) is 15.0. The number of hydrogen-bond donors (Lipinski definition) is 1. The number of H-pyrrole nitrogens is 1. The molecule has 0 saturated carbocycles. The Balaban J connectivity index is 1.73. The van der Waals surface area contributed by atoms with Gasteiger partial charge in [-0.25, -0.2) is 0 Å². The topological polar surface area (TPSA) is 84.0 Å². The molecule has 2 fully saturated rings. The third-order valence-corrected chi connectivity index (χ3v) is 5.69. The van der Waals surface area contributed by atoms with Crippen LogP contribution >= 0.6 is 0 Å². The Bertz CT molecular complexity index is 543. The number of nitrogens with one attached hydrogen (secondary N) is 1. The second-order valence-corrected chi connectivity index (χ2v) is 8.13. The van der Waals surface area contributed by atoms with Crippen LogP contribution in [0.5, 0.6) is 0 Å². The highest BCUT2D eigenvalue weighted by Gasteiger charge is 2.48. The van der Waals surface area contributed by atoms with E-state index in [4.69, 9.17) is 4.74 Å². The monoisotopic (exact) mass is 335 g/mol. The van der Waals surface area contributed by atoms with Crippen LogP contribution in [0.15, 0.2) is 0 Å². The molecule has 0 aliphatic carbocycles. The number of carbonyl (C=O) groups is 1. The predicted octanol–water partition coefficient (Wildman–Crippen LogP) is 1.92. The van der Waals surface area contributed by atoms with Crippen molar-refractivity contribution in [2.24, 2.45) is 11.3 Å². The van der Waals surface area contributed by atoms with Crippen LogP contribution in [0.25, 0.3) is 0 Å². The number of likely N-dealkylation sites (tertiary alicyclic amines) is 1. The maximum absolute atomic E-state index is 13.4. The van der Waals surface area contributed by atoms with Crippen molar-refractivity contribution in [1.82, 2.24) is 25.5 Å². The molecule has 0 bridgehead atoms. The summed E-state index contributed by atoms with van der Waals surface area (Å²) in [7, 11) is 0. The van der Waals surface area contributed by atoms with E-state index in [9.17, 15) is 4.79 Å². The van der Waals surface area contributed by atoms with Gasteiger partial charge in [-0.1, -0.05) is 26.0 Å². The van der Waals surface area contributed by atoms with Gasteiger partial charge in [-0.15, -0.1) is 10.2 Å². The summed E-state index contributed by atoms with van der Waals surface area (Å²) < 4.78 is 5.48. The van der Waals surface area contributed by atoms with Crippen LogP contribution in [0.2, 0.25) is 0 Å². The number of aromatic amines is 1. The highest BCUT2D eigenvalue weighted by molar-refractivity contribution is 5.87. The normalized spacial score (nSPS) is 23.4. The number of carbonyl (C=O) groups excluding carboxylic acids is 1. The fourth-order valence-electron chi connectivity index (χ4n) is 4.36. The van der Waals surface area contributed by atoms with Crippen LogP contribution in [0.3, 0.4) is 0 Å². The zero-order chi connectivity index (χ0) is 17.2. The van der Waals surface area contributed by atoms with E-state index < -0.39 is 5.41 Å². The molecule has 0 aromatic carbocycles. The minimum atomic E-state index is -0.670. The summed E-state index contributed by atoms with van der Waals surface area (Å²) in [6, 6.07) is 0. The van der Waals surface area contributed by atoms with E-state index in [-0.39, 0.29) is 5.91 Å². The van der Waals surface area contributed by atoms with Crippen molar-refractivity contribution >= 4 is 5.91 Å². The quantitative estimate of drug-likeness (QED) is 0.909. The molecule has 0 atom stereocenters. The maximum Gasteiger partial charge on any atom is 0.236 e. The van der Waals surface area contributed by atoms with Gasteiger partial charge in [0.2, 0.25) is 5.91 Å². The smallest absolute Gasteiger partial charge is 0.236 e. The van der Waals surface area contributed by atoms with Crippen LogP contribution in [0.1, 0.15) is 58.7 Å². The summed E-state index contributed by atoms with van der Waals surface area (Å²) >= 11 is 0. The Morgan fingerprint density at radius 2 is 1.92 bits per heavy atom. The highest BCUT2D eigenvalue weighted by Crippen LogP contribution is 2.40. The highest BCUT2D eigenvalue weighted by atomic mass is 16.5. The summed E-state index contributed by atoms with van der Waals surface area (Å²) in [6.45, 7) is 9.69. The minimum Gasteiger partial charge on any atom is -0.381 e. The van der Waals surface area contributed by atoms with E-state index in [2.05, 4.69) is 41.4 Å². The fourth-order valence-corrected chi connectivity index (χ4v) is 4.36. The van der Waals surface area contributed by atoms with Gasteiger partial charge in [0, 0.05) is 26.3 Å². The van der Waals surface area contributed by atoms with Crippen LogP contribution < -0.4 is 0 Å². The lowest BCUT2D eigenvalue weighted by Gasteiger charge is -2.44. The Hall–Kier alpha value is -1.50. The molecule has 2 aliphatic rings. The van der Waals surface area contributed by atoms with Crippen LogP contribution in [-0.4, -0.2) is 57.7 Å². The molecule has 3 heterocycles. The summed E-state index contributed by atoms with van der Waals surface area (Å²) in [4.78, 5) is 15.4. The number of piperidine rings is 1. The average Bonchev–Trinajstić information content (AvgIpc) is 3.09. The first-order valence-electron chi connectivity index (χ1n) is 9.06. The molecule has 7 heteroatoms. The summed E-state index contributed by atoms with van der Waals surface area (Å²) in [5.74, 6) is 1.36. The first-order valence-corrected chi connectivity index (χ1v) is 9.06. The molecule has 3 rings (SSSR count). The standard InChI is InChI=1S/C17H29N5O2/c1-13(2)12-16(3)4-8-22(9-5-16)15(23)17(6-10-24-11-7-17)14-18-20-21-19-14/h13H,4-12H2,1-3H3,(H,18,19,20,21). The van der Waals surface area contributed by atoms with Crippen LogP contribution in [0, 0.1) is 11.3 Å². The minimum absolute atomic E-state index is 0.152. The van der Waals surface area contributed by atoms with E-state index in [1.54, 1.807) is 0 Å². The summed E-state index contributed by atoms with van der Waals surface area (Å²) in [6.07, 6.45) is 4.61. The molecule has 0 spiro atoms. The number of rotatable bonds is 4. The van der Waals surface area contributed by atoms with Crippen molar-refractivity contribution < 1.29 is 9.53 Å². The molecule has 1 amide bonds. The third-order valence-electron chi connectivity index (χ3n) is 5.69. The Labute approximate surface area is 143 Å². The Morgan fingerprint density at radius 3 is 2.46 bits per heavy atom. The number of tetrazole rings is 1. The number of amides is 1. The van der Waals surface area contributed by atoms with Gasteiger partial charge in [0.05, 0.1) is 0 Å². The summed E-state index contributed by atoms with van der Waals surface area (Å²) in [5, 5.41) is 14.5. The van der Waals surface area contributed by atoms with Gasteiger partial charge < -0.3 is 9.64 Å². The third kappa shape index (κ3) is 3.31. The molecule has 1 N–H and O–H groups in total. The second kappa shape index (κ2) is 6.78. The molecule has 24 heavy (non-hydrogen) atoms. The van der Waals surface area contributed by atoms with Gasteiger partial charge in [-0.2, -0.15) is 5.21 Å². The molecular formula is C17H29N5O2. The fraction of sp³-hybridized carbons (Fsp3) is 0.882. The maximum atomic E-state index is 13.4. The van der Waals surface area contributed by atoms with E-state index in [0.29, 0.717) is 43.2 Å². The molecule has 2 aliphatic heterocycles. The first kappa shape index (κ1) is 17.3. The van der Waals surface area contributed by atoms with Crippen molar-refractivity contribution in [3.63, 3.8) is 0 Å². The SMILES string of the molecule is CC(C)CC1(C)CCN(C(=O)C2(c3nn[nH]n3)CCOCC2)CC1. The van der Waals surface area contributed by atoms with E-state index >= 15 is 0 Å². The van der Waals surface area contributed by atoms with Crippen molar-refractivity contribution in [3.8, 4) is 0 Å². The van der Waals surface area contributed by atoms with Crippen LogP contribution in [-0.2, 0) is 14.9 Å².